The highest BCUT2D eigenvalue weighted by atomic mass is 32.1. The van der Waals surface area contributed by atoms with Crippen LogP contribution in [0.1, 0.15) is 32.6 Å². The first-order valence-electron chi connectivity index (χ1n) is 3.51. The molecule has 0 atom stereocenters. The second-order valence-corrected chi connectivity index (χ2v) is 3.90. The van der Waals surface area contributed by atoms with E-state index in [0.29, 0.717) is 18.8 Å². The van der Waals surface area contributed by atoms with Gasteiger partial charge < -0.3 is 0 Å². The van der Waals surface area contributed by atoms with Crippen LogP contribution in [-0.4, -0.2) is 5.00 Å². The Hall–Kier alpha value is 0.280. The van der Waals surface area contributed by atoms with Gasteiger partial charge in [-0.3, -0.25) is 0 Å². The van der Waals surface area contributed by atoms with Gasteiger partial charge in [0.25, 0.3) is 0 Å². The van der Waals surface area contributed by atoms with Crippen molar-refractivity contribution in [2.75, 3.05) is 0 Å². The summed E-state index contributed by atoms with van der Waals surface area (Å²) in [6.07, 6.45) is 3.27. The molecule has 0 amide bonds. The average molecular weight is 148 g/mol. The van der Waals surface area contributed by atoms with Crippen LogP contribution in [0, 0.1) is 5.92 Å². The zero-order valence-electron chi connectivity index (χ0n) is 5.73. The third kappa shape index (κ3) is 2.17. The summed E-state index contributed by atoms with van der Waals surface area (Å²) < 4.78 is 12.9. The van der Waals surface area contributed by atoms with Crippen molar-refractivity contribution >= 4 is 12.6 Å². The second-order valence-electron chi connectivity index (χ2n) is 3.10. The first-order chi connectivity index (χ1) is 4.10. The van der Waals surface area contributed by atoms with Crippen molar-refractivity contribution in [1.82, 2.24) is 0 Å². The molecule has 0 aromatic heterocycles. The van der Waals surface area contributed by atoms with E-state index in [1.54, 1.807) is 0 Å². The molecule has 0 unspecified atom stereocenters. The van der Waals surface area contributed by atoms with Gasteiger partial charge in [0.1, 0.15) is 0 Å². The van der Waals surface area contributed by atoms with Gasteiger partial charge in [0, 0.05) is 0 Å². The molecule has 1 rings (SSSR count). The normalized spacial score (nSPS) is 45.0. The maximum atomic E-state index is 12.9. The van der Waals surface area contributed by atoms with E-state index in [1.807, 2.05) is 0 Å². The Kier molecular flexibility index (Phi) is 2.04. The lowest BCUT2D eigenvalue weighted by molar-refractivity contribution is 0.184. The minimum atomic E-state index is -1.15. The highest BCUT2D eigenvalue weighted by Crippen LogP contribution is 2.37. The Bertz CT molecular complexity index is 91.1. The Labute approximate surface area is 61.2 Å². The van der Waals surface area contributed by atoms with E-state index in [4.69, 9.17) is 0 Å². The van der Waals surface area contributed by atoms with Crippen LogP contribution in [0.2, 0.25) is 0 Å². The van der Waals surface area contributed by atoms with Gasteiger partial charge in [-0.2, -0.15) is 0 Å². The van der Waals surface area contributed by atoms with Crippen molar-refractivity contribution in [3.63, 3.8) is 0 Å². The van der Waals surface area contributed by atoms with Crippen molar-refractivity contribution in [3.8, 4) is 0 Å². The fraction of sp³-hybridized carbons (Fsp3) is 1.00. The number of rotatable bonds is 0. The molecular formula is C7H13FS. The molecule has 0 saturated heterocycles. The molecule has 0 heterocycles. The highest BCUT2D eigenvalue weighted by molar-refractivity contribution is 7.81. The van der Waals surface area contributed by atoms with E-state index in [9.17, 15) is 4.39 Å². The minimum Gasteiger partial charge on any atom is -0.232 e. The molecule has 2 heteroatoms. The molecule has 0 nitrogen and oxygen atoms in total. The SMILES string of the molecule is CC1CCC(F)(S)CC1. The van der Waals surface area contributed by atoms with Crippen LogP contribution >= 0.6 is 12.6 Å². The van der Waals surface area contributed by atoms with Crippen LogP contribution in [-0.2, 0) is 0 Å². The molecule has 1 aliphatic rings. The zero-order chi connectivity index (χ0) is 6.91. The lowest BCUT2D eigenvalue weighted by Crippen LogP contribution is -2.22. The fourth-order valence-electron chi connectivity index (χ4n) is 1.20. The summed E-state index contributed by atoms with van der Waals surface area (Å²) in [6.45, 7) is 2.17. The Morgan fingerprint density at radius 3 is 2.22 bits per heavy atom. The van der Waals surface area contributed by atoms with Crippen LogP contribution in [0.3, 0.4) is 0 Å². The van der Waals surface area contributed by atoms with Crippen molar-refractivity contribution < 1.29 is 4.39 Å². The maximum Gasteiger partial charge on any atom is 0.153 e. The number of thiol groups is 1. The van der Waals surface area contributed by atoms with Gasteiger partial charge in [0.15, 0.2) is 5.00 Å². The molecular weight excluding hydrogens is 135 g/mol. The van der Waals surface area contributed by atoms with Gasteiger partial charge in [-0.15, -0.1) is 12.6 Å². The van der Waals surface area contributed by atoms with Crippen LogP contribution < -0.4 is 0 Å². The summed E-state index contributed by atoms with van der Waals surface area (Å²) in [5.41, 5.74) is 0. The Balaban J connectivity index is 2.35. The van der Waals surface area contributed by atoms with Crippen LogP contribution in [0.25, 0.3) is 0 Å². The van der Waals surface area contributed by atoms with Gasteiger partial charge in [0.05, 0.1) is 0 Å². The molecule has 0 aromatic rings. The largest absolute Gasteiger partial charge is 0.232 e. The number of hydrogen-bond acceptors (Lipinski definition) is 1. The van der Waals surface area contributed by atoms with E-state index in [2.05, 4.69) is 19.6 Å². The molecule has 1 aliphatic carbocycles. The van der Waals surface area contributed by atoms with E-state index in [-0.39, 0.29) is 0 Å². The predicted octanol–water partition coefficient (Wildman–Crippen LogP) is 2.79. The summed E-state index contributed by atoms with van der Waals surface area (Å²) in [5, 5.41) is -1.15. The topological polar surface area (TPSA) is 0 Å². The Morgan fingerprint density at radius 2 is 1.89 bits per heavy atom. The van der Waals surface area contributed by atoms with Gasteiger partial charge in [-0.05, 0) is 31.6 Å². The molecule has 1 fully saturated rings. The highest BCUT2D eigenvalue weighted by Gasteiger charge is 2.29. The summed E-state index contributed by atoms with van der Waals surface area (Å²) >= 11 is 3.89. The van der Waals surface area contributed by atoms with Crippen molar-refractivity contribution in [2.24, 2.45) is 5.92 Å². The molecule has 0 aliphatic heterocycles. The first-order valence-corrected chi connectivity index (χ1v) is 3.96. The van der Waals surface area contributed by atoms with E-state index in [0.717, 1.165) is 12.8 Å². The summed E-state index contributed by atoms with van der Waals surface area (Å²) in [6, 6.07) is 0. The van der Waals surface area contributed by atoms with Crippen molar-refractivity contribution in [3.05, 3.63) is 0 Å². The smallest absolute Gasteiger partial charge is 0.153 e. The number of halogens is 1. The molecule has 1 saturated carbocycles. The molecule has 0 N–H and O–H groups in total. The molecule has 0 aromatic carbocycles. The predicted molar refractivity (Wildman–Crippen MR) is 40.5 cm³/mol. The lowest BCUT2D eigenvalue weighted by atomic mass is 9.89. The van der Waals surface area contributed by atoms with Gasteiger partial charge in [0.2, 0.25) is 0 Å². The third-order valence-corrected chi connectivity index (χ3v) is 2.49. The van der Waals surface area contributed by atoms with Gasteiger partial charge >= 0.3 is 0 Å². The summed E-state index contributed by atoms with van der Waals surface area (Å²) in [4.78, 5) is 0. The average Bonchev–Trinajstić information content (AvgIpc) is 1.78. The van der Waals surface area contributed by atoms with Crippen molar-refractivity contribution in [1.29, 1.82) is 0 Å². The number of alkyl halides is 1. The summed E-state index contributed by atoms with van der Waals surface area (Å²) in [7, 11) is 0. The van der Waals surface area contributed by atoms with Crippen LogP contribution in [0.5, 0.6) is 0 Å². The summed E-state index contributed by atoms with van der Waals surface area (Å²) in [5.74, 6) is 0.709. The second kappa shape index (κ2) is 2.49. The Morgan fingerprint density at radius 1 is 1.44 bits per heavy atom. The molecule has 54 valence electrons. The molecule has 0 bridgehead atoms. The molecule has 9 heavy (non-hydrogen) atoms. The molecule has 0 radical (unpaired) electrons. The van der Waals surface area contributed by atoms with E-state index >= 15 is 0 Å². The fourth-order valence-corrected chi connectivity index (χ4v) is 1.46. The van der Waals surface area contributed by atoms with Gasteiger partial charge in [-0.1, -0.05) is 6.92 Å². The van der Waals surface area contributed by atoms with Gasteiger partial charge in [-0.25, -0.2) is 4.39 Å². The van der Waals surface area contributed by atoms with Crippen LogP contribution in [0.15, 0.2) is 0 Å². The lowest BCUT2D eigenvalue weighted by Gasteiger charge is -2.27. The standard InChI is InChI=1S/C7H13FS/c1-6-2-4-7(8,9)5-3-6/h6,9H,2-5H2,1H3. The first kappa shape index (κ1) is 7.39. The third-order valence-electron chi connectivity index (χ3n) is 2.04. The zero-order valence-corrected chi connectivity index (χ0v) is 6.63. The van der Waals surface area contributed by atoms with Crippen LogP contribution in [0.4, 0.5) is 4.39 Å². The number of hydrogen-bond donors (Lipinski definition) is 1. The monoisotopic (exact) mass is 148 g/mol. The minimum absolute atomic E-state index is 0.636. The van der Waals surface area contributed by atoms with Crippen molar-refractivity contribution in [2.45, 2.75) is 37.6 Å². The van der Waals surface area contributed by atoms with E-state index in [1.165, 1.54) is 0 Å². The van der Waals surface area contributed by atoms with E-state index < -0.39 is 5.00 Å². The molecule has 0 spiro atoms. The quantitative estimate of drug-likeness (QED) is 0.502. The maximum absolute atomic E-state index is 12.9.